The minimum atomic E-state index is -4.82. The Labute approximate surface area is 373 Å². The molecule has 1 amide bonds. The number of aromatic nitrogens is 2. The molecule has 13 nitrogen and oxygen atoms in total. The normalized spacial score (nSPS) is 22.9. The number of nitro groups is 1. The molecule has 0 spiro atoms. The predicted molar refractivity (Wildman–Crippen MR) is 240 cm³/mol. The van der Waals surface area contributed by atoms with Gasteiger partial charge in [0.1, 0.15) is 22.8 Å². The quantitative estimate of drug-likeness (QED) is 0.0767. The number of amides is 1. The molecule has 0 radical (unpaired) electrons. The monoisotopic (exact) mass is 873 g/mol. The number of anilines is 2. The van der Waals surface area contributed by atoms with Crippen molar-refractivity contribution in [3.8, 4) is 11.5 Å². The number of nitrogens with one attached hydrogen (secondary N) is 3. The first kappa shape index (κ1) is 33.2. The number of benzene rings is 3. The smallest absolute Gasteiger partial charge is 0.293 e. The fourth-order valence-electron chi connectivity index (χ4n) is 8.02. The van der Waals surface area contributed by atoms with E-state index < -0.39 is 81.0 Å². The molecule has 15 heteroatoms. The summed E-state index contributed by atoms with van der Waals surface area (Å²) in [6.07, 6.45) is 9.67. The number of nitrogens with zero attached hydrogens (tertiary/aromatic N) is 4. The van der Waals surface area contributed by atoms with E-state index in [1.54, 1.807) is 24.4 Å². The second kappa shape index (κ2) is 17.9. The van der Waals surface area contributed by atoms with Crippen LogP contribution in [0.2, 0.25) is 5.02 Å². The van der Waals surface area contributed by atoms with E-state index in [4.69, 9.17) is 16.3 Å². The van der Waals surface area contributed by atoms with Gasteiger partial charge in [-0.3, -0.25) is 19.8 Å². The van der Waals surface area contributed by atoms with Crippen molar-refractivity contribution < 1.29 is 33.8 Å². The fraction of sp³-hybridized carbons (Fsp3) is 0.391. The third-order valence-electron chi connectivity index (χ3n) is 11.4. The number of halogens is 1. The molecule has 1 saturated heterocycles. The first-order chi connectivity index (χ1) is 32.3. The molecule has 1 aliphatic heterocycles. The van der Waals surface area contributed by atoms with Crippen LogP contribution in [0.1, 0.15) is 92.1 Å². The number of piperazine rings is 1. The molecule has 320 valence electrons. The van der Waals surface area contributed by atoms with Crippen molar-refractivity contribution in [3.05, 3.63) is 117 Å². The standard InChI is InChI=1S/C46H52ClN7O6S/c1-46(2)18-16-34(40(27-46)32-8-10-35(47)11-9-32)30-52-20-22-53(23-21-52)36-12-14-39(43(25-36)60-37-24-33-17-19-48-44(33)50-29-37)45(55)51-61(58,59)38-13-15-41(42(26-38)54(56)57)49-28-31-6-4-3-5-7-31/h8-15,17,19,24-26,29,31,49H,3-7,16,18,20-23,27-28,30H2,1-2H3,(H,48,50)(H,51,55)/i20D2,21D2,22D2,23D2. The van der Waals surface area contributed by atoms with Crippen LogP contribution in [0, 0.1) is 21.4 Å². The van der Waals surface area contributed by atoms with Crippen molar-refractivity contribution in [3.63, 3.8) is 0 Å². The third-order valence-corrected chi connectivity index (χ3v) is 13.0. The van der Waals surface area contributed by atoms with E-state index in [1.165, 1.54) is 18.3 Å². The summed E-state index contributed by atoms with van der Waals surface area (Å²) in [5.41, 5.74) is 1.15. The molecular formula is C46H52ClN7O6S. The van der Waals surface area contributed by atoms with Crippen LogP contribution in [0.5, 0.6) is 11.5 Å². The average Bonchev–Trinajstić information content (AvgIpc) is 3.75. The molecule has 0 atom stereocenters. The number of pyridine rings is 1. The third kappa shape index (κ3) is 10.0. The molecule has 5 aromatic rings. The SMILES string of the molecule is [2H]C1([2H])N(CC2=C(c3ccc(Cl)cc3)CC(C)(C)CC2)C([2H])([2H])C([2H])([2H])N(c2ccc(C(=O)NS(=O)(=O)c3ccc(NCC4CCCCC4)c([N+](=O)[O-])c3)c(Oc3cnc4[nH]ccc4c3)c2)C1([2H])[2H]. The molecule has 2 fully saturated rings. The van der Waals surface area contributed by atoms with Crippen molar-refractivity contribution in [1.29, 1.82) is 0 Å². The summed E-state index contributed by atoms with van der Waals surface area (Å²) in [6, 6.07) is 16.5. The molecule has 2 aliphatic carbocycles. The van der Waals surface area contributed by atoms with Gasteiger partial charge in [0, 0.05) is 79.0 Å². The zero-order chi connectivity index (χ0) is 49.9. The van der Waals surface area contributed by atoms with Crippen LogP contribution in [0.3, 0.4) is 0 Å². The number of aromatic amines is 1. The number of hydrogen-bond donors (Lipinski definition) is 3. The maximum Gasteiger partial charge on any atom is 0.293 e. The van der Waals surface area contributed by atoms with E-state index in [9.17, 15) is 34.3 Å². The highest BCUT2D eigenvalue weighted by Gasteiger charge is 2.30. The number of allylic oxidation sites excluding steroid dienone is 1. The van der Waals surface area contributed by atoms with Gasteiger partial charge in [-0.2, -0.15) is 0 Å². The van der Waals surface area contributed by atoms with Gasteiger partial charge in [-0.05, 0) is 103 Å². The molecule has 3 heterocycles. The van der Waals surface area contributed by atoms with Gasteiger partial charge < -0.3 is 19.9 Å². The van der Waals surface area contributed by atoms with Crippen molar-refractivity contribution in [2.24, 2.45) is 11.3 Å². The minimum Gasteiger partial charge on any atom is -0.455 e. The summed E-state index contributed by atoms with van der Waals surface area (Å²) < 4.78 is 110. The van der Waals surface area contributed by atoms with Gasteiger partial charge in [0.25, 0.3) is 21.6 Å². The number of H-pyrrole nitrogens is 1. The highest BCUT2D eigenvalue weighted by Crippen LogP contribution is 2.43. The Morgan fingerprint density at radius 3 is 2.56 bits per heavy atom. The van der Waals surface area contributed by atoms with E-state index in [2.05, 4.69) is 29.1 Å². The Morgan fingerprint density at radius 2 is 1.80 bits per heavy atom. The number of rotatable bonds is 13. The van der Waals surface area contributed by atoms with Crippen LogP contribution in [0.25, 0.3) is 16.6 Å². The molecule has 3 aromatic carbocycles. The zero-order valence-corrected chi connectivity index (χ0v) is 35.3. The van der Waals surface area contributed by atoms with Gasteiger partial charge in [-0.25, -0.2) is 18.1 Å². The summed E-state index contributed by atoms with van der Waals surface area (Å²) in [5, 5.41) is 16.3. The zero-order valence-electron chi connectivity index (χ0n) is 41.8. The van der Waals surface area contributed by atoms with Crippen molar-refractivity contribution in [1.82, 2.24) is 19.6 Å². The lowest BCUT2D eigenvalue weighted by molar-refractivity contribution is -0.384. The second-order valence-electron chi connectivity index (χ2n) is 16.4. The Bertz CT molecular complexity index is 2920. The van der Waals surface area contributed by atoms with Crippen LogP contribution >= 0.6 is 11.6 Å². The van der Waals surface area contributed by atoms with Crippen molar-refractivity contribution >= 4 is 61.2 Å². The summed E-state index contributed by atoms with van der Waals surface area (Å²) in [4.78, 5) is 33.1. The second-order valence-corrected chi connectivity index (χ2v) is 18.5. The first-order valence-corrected chi connectivity index (χ1v) is 22.1. The Morgan fingerprint density at radius 1 is 1.03 bits per heavy atom. The van der Waals surface area contributed by atoms with Crippen molar-refractivity contribution in [2.75, 3.05) is 49.3 Å². The van der Waals surface area contributed by atoms with Crippen LogP contribution in [0.4, 0.5) is 17.1 Å². The fourth-order valence-corrected chi connectivity index (χ4v) is 9.14. The van der Waals surface area contributed by atoms with Gasteiger partial charge >= 0.3 is 0 Å². The molecule has 0 bridgehead atoms. The number of ether oxygens (including phenoxy) is 1. The lowest BCUT2D eigenvalue weighted by Crippen LogP contribution is -2.47. The minimum absolute atomic E-state index is 0.00465. The molecule has 0 unspecified atom stereocenters. The highest BCUT2D eigenvalue weighted by atomic mass is 35.5. The molecule has 61 heavy (non-hydrogen) atoms. The largest absolute Gasteiger partial charge is 0.455 e. The first-order valence-electron chi connectivity index (χ1n) is 24.2. The average molecular weight is 875 g/mol. The van der Waals surface area contributed by atoms with E-state index in [-0.39, 0.29) is 16.9 Å². The predicted octanol–water partition coefficient (Wildman–Crippen LogP) is 9.81. The maximum absolute atomic E-state index is 14.1. The number of carbonyl (C=O) groups excluding carboxylic acids is 1. The Balaban J connectivity index is 1.15. The van der Waals surface area contributed by atoms with E-state index in [1.807, 2.05) is 16.9 Å². The summed E-state index contributed by atoms with van der Waals surface area (Å²) in [6.45, 7) is -8.96. The van der Waals surface area contributed by atoms with E-state index in [0.29, 0.717) is 63.2 Å². The molecule has 3 N–H and O–H groups in total. The Hall–Kier alpha value is -5.44. The summed E-state index contributed by atoms with van der Waals surface area (Å²) in [5.74, 6) is -1.45. The summed E-state index contributed by atoms with van der Waals surface area (Å²) in [7, 11) is -4.82. The van der Waals surface area contributed by atoms with Crippen LogP contribution in [-0.4, -0.2) is 73.2 Å². The van der Waals surface area contributed by atoms with Gasteiger partial charge in [0.05, 0.1) is 27.1 Å². The number of nitro benzene ring substituents is 1. The lowest BCUT2D eigenvalue weighted by Gasteiger charge is -2.39. The molecule has 1 saturated carbocycles. The van der Waals surface area contributed by atoms with E-state index >= 15 is 0 Å². The molecular weight excluding hydrogens is 814 g/mol. The maximum atomic E-state index is 14.1. The number of hydrogen-bond acceptors (Lipinski definition) is 10. The number of carbonyl (C=O) groups is 1. The lowest BCUT2D eigenvalue weighted by atomic mass is 9.72. The van der Waals surface area contributed by atoms with Crippen LogP contribution < -0.4 is 19.7 Å². The number of fused-ring (bicyclic) bond motifs is 1. The summed E-state index contributed by atoms with van der Waals surface area (Å²) >= 11 is 6.20. The Kier molecular flexibility index (Phi) is 9.74. The van der Waals surface area contributed by atoms with E-state index in [0.717, 1.165) is 73.6 Å². The molecule has 3 aliphatic rings. The van der Waals surface area contributed by atoms with Gasteiger partial charge in [0.2, 0.25) is 0 Å². The highest BCUT2D eigenvalue weighted by molar-refractivity contribution is 7.90. The van der Waals surface area contributed by atoms with Crippen LogP contribution in [-0.2, 0) is 10.0 Å². The van der Waals surface area contributed by atoms with Crippen LogP contribution in [0.15, 0.2) is 95.7 Å². The van der Waals surface area contributed by atoms with Crippen molar-refractivity contribution in [2.45, 2.75) is 70.1 Å². The van der Waals surface area contributed by atoms with Gasteiger partial charge in [-0.15, -0.1) is 0 Å². The number of sulfonamides is 1. The molecule has 8 rings (SSSR count). The topological polar surface area (TPSA) is 163 Å². The molecule has 2 aromatic heterocycles. The van der Waals surface area contributed by atoms with Gasteiger partial charge in [0.15, 0.2) is 0 Å². The van der Waals surface area contributed by atoms with Gasteiger partial charge in [-0.1, -0.05) is 62.4 Å².